The summed E-state index contributed by atoms with van der Waals surface area (Å²) < 4.78 is 5.89. The van der Waals surface area contributed by atoms with Gasteiger partial charge in [0.1, 0.15) is 0 Å². The van der Waals surface area contributed by atoms with Gasteiger partial charge in [-0.25, -0.2) is 0 Å². The van der Waals surface area contributed by atoms with E-state index in [0.717, 1.165) is 13.2 Å². The monoisotopic (exact) mass is 269 g/mol. The van der Waals surface area contributed by atoms with E-state index in [1.807, 2.05) is 18.4 Å². The van der Waals surface area contributed by atoms with Crippen molar-refractivity contribution in [2.24, 2.45) is 0 Å². The molecule has 1 N–H and O–H groups in total. The van der Waals surface area contributed by atoms with Gasteiger partial charge in [-0.15, -0.1) is 11.3 Å². The lowest BCUT2D eigenvalue weighted by molar-refractivity contribution is 0.0475. The van der Waals surface area contributed by atoms with Gasteiger partial charge in [0.05, 0.1) is 12.7 Å². The van der Waals surface area contributed by atoms with Gasteiger partial charge in [0.25, 0.3) is 0 Å². The number of rotatable bonds is 10. The largest absolute Gasteiger partial charge is 0.373 e. The summed E-state index contributed by atoms with van der Waals surface area (Å²) in [7, 11) is 1.98. The first-order valence-corrected chi connectivity index (χ1v) is 7.91. The van der Waals surface area contributed by atoms with E-state index in [9.17, 15) is 0 Å². The molecule has 0 aromatic carbocycles. The standard InChI is InChI=1S/C15H27NOS/c1-4-5-6-7-8-13(2)17-12-15-10-9-14(18-15)11-16-3/h9-10,13,16H,4-8,11-12H2,1-3H3. The summed E-state index contributed by atoms with van der Waals surface area (Å²) in [5.74, 6) is 0. The van der Waals surface area contributed by atoms with E-state index < -0.39 is 0 Å². The van der Waals surface area contributed by atoms with Crippen LogP contribution in [0, 0.1) is 0 Å². The molecule has 0 amide bonds. The van der Waals surface area contributed by atoms with Gasteiger partial charge in [-0.05, 0) is 32.5 Å². The van der Waals surface area contributed by atoms with Gasteiger partial charge in [-0.2, -0.15) is 0 Å². The third kappa shape index (κ3) is 6.53. The Morgan fingerprint density at radius 1 is 1.22 bits per heavy atom. The van der Waals surface area contributed by atoms with Crippen LogP contribution < -0.4 is 5.32 Å². The lowest BCUT2D eigenvalue weighted by Crippen LogP contribution is -2.07. The third-order valence-corrected chi connectivity index (χ3v) is 4.10. The van der Waals surface area contributed by atoms with Crippen LogP contribution in [-0.4, -0.2) is 13.2 Å². The number of hydrogen-bond acceptors (Lipinski definition) is 3. The maximum Gasteiger partial charge on any atom is 0.0813 e. The van der Waals surface area contributed by atoms with Crippen molar-refractivity contribution >= 4 is 11.3 Å². The first kappa shape index (κ1) is 15.7. The normalized spacial score (nSPS) is 12.8. The molecule has 0 aliphatic rings. The molecule has 1 aromatic rings. The molecule has 0 aliphatic heterocycles. The fraction of sp³-hybridized carbons (Fsp3) is 0.733. The van der Waals surface area contributed by atoms with Gasteiger partial charge in [0, 0.05) is 16.3 Å². The summed E-state index contributed by atoms with van der Waals surface area (Å²) in [5.41, 5.74) is 0. The Balaban J connectivity index is 2.14. The Kier molecular flexibility index (Phi) is 8.31. The van der Waals surface area contributed by atoms with Crippen LogP contribution in [0.5, 0.6) is 0 Å². The molecule has 18 heavy (non-hydrogen) atoms. The molecular formula is C15H27NOS. The van der Waals surface area contributed by atoms with E-state index in [1.54, 1.807) is 0 Å². The molecule has 104 valence electrons. The lowest BCUT2D eigenvalue weighted by atomic mass is 10.1. The van der Waals surface area contributed by atoms with E-state index in [-0.39, 0.29) is 0 Å². The van der Waals surface area contributed by atoms with Gasteiger partial charge in [-0.1, -0.05) is 32.6 Å². The van der Waals surface area contributed by atoms with Crippen molar-refractivity contribution in [1.82, 2.24) is 5.32 Å². The van der Waals surface area contributed by atoms with E-state index in [0.29, 0.717) is 6.10 Å². The molecule has 1 unspecified atom stereocenters. The van der Waals surface area contributed by atoms with Gasteiger partial charge in [0.15, 0.2) is 0 Å². The number of unbranched alkanes of at least 4 members (excludes halogenated alkanes) is 3. The van der Waals surface area contributed by atoms with E-state index in [4.69, 9.17) is 4.74 Å². The van der Waals surface area contributed by atoms with E-state index in [2.05, 4.69) is 31.3 Å². The van der Waals surface area contributed by atoms with Crippen LogP contribution in [0.3, 0.4) is 0 Å². The van der Waals surface area contributed by atoms with E-state index >= 15 is 0 Å². The smallest absolute Gasteiger partial charge is 0.0813 e. The van der Waals surface area contributed by atoms with Gasteiger partial charge in [-0.3, -0.25) is 0 Å². The molecule has 0 saturated carbocycles. The maximum absolute atomic E-state index is 5.89. The van der Waals surface area contributed by atoms with E-state index in [1.165, 1.54) is 41.9 Å². The quantitative estimate of drug-likeness (QED) is 0.638. The van der Waals surface area contributed by atoms with Crippen LogP contribution in [0.25, 0.3) is 0 Å². The molecule has 3 heteroatoms. The van der Waals surface area contributed by atoms with Crippen molar-refractivity contribution < 1.29 is 4.74 Å². The SMILES string of the molecule is CCCCCCC(C)OCc1ccc(CNC)s1. The predicted molar refractivity (Wildman–Crippen MR) is 80.1 cm³/mol. The lowest BCUT2D eigenvalue weighted by Gasteiger charge is -2.11. The van der Waals surface area contributed by atoms with Gasteiger partial charge < -0.3 is 10.1 Å². The van der Waals surface area contributed by atoms with Gasteiger partial charge in [0.2, 0.25) is 0 Å². The summed E-state index contributed by atoms with van der Waals surface area (Å²) in [5, 5.41) is 3.17. The predicted octanol–water partition coefficient (Wildman–Crippen LogP) is 4.34. The van der Waals surface area contributed by atoms with Crippen molar-refractivity contribution in [3.05, 3.63) is 21.9 Å². The highest BCUT2D eigenvalue weighted by atomic mass is 32.1. The molecule has 1 atom stereocenters. The summed E-state index contributed by atoms with van der Waals surface area (Å²) in [6.07, 6.45) is 6.87. The zero-order valence-corrected chi connectivity index (χ0v) is 12.8. The first-order valence-electron chi connectivity index (χ1n) is 7.10. The molecule has 1 aromatic heterocycles. The Hall–Kier alpha value is -0.380. The molecule has 2 nitrogen and oxygen atoms in total. The molecule has 0 saturated heterocycles. The maximum atomic E-state index is 5.89. The van der Waals surface area contributed by atoms with Crippen molar-refractivity contribution in [3.8, 4) is 0 Å². The van der Waals surface area contributed by atoms with Crippen LogP contribution >= 0.6 is 11.3 Å². The van der Waals surface area contributed by atoms with Crippen molar-refractivity contribution in [1.29, 1.82) is 0 Å². The molecule has 1 heterocycles. The summed E-state index contributed by atoms with van der Waals surface area (Å²) >= 11 is 1.84. The molecule has 0 fully saturated rings. The molecule has 0 aliphatic carbocycles. The number of ether oxygens (including phenoxy) is 1. The number of nitrogens with one attached hydrogen (secondary N) is 1. The summed E-state index contributed by atoms with van der Waals surface area (Å²) in [4.78, 5) is 2.72. The second kappa shape index (κ2) is 9.54. The summed E-state index contributed by atoms with van der Waals surface area (Å²) in [6, 6.07) is 4.37. The Morgan fingerprint density at radius 3 is 2.72 bits per heavy atom. The van der Waals surface area contributed by atoms with Crippen molar-refractivity contribution in [2.45, 2.75) is 65.2 Å². The molecular weight excluding hydrogens is 242 g/mol. The first-order chi connectivity index (χ1) is 8.76. The van der Waals surface area contributed by atoms with Crippen LogP contribution in [0.15, 0.2) is 12.1 Å². The van der Waals surface area contributed by atoms with Crippen LogP contribution in [-0.2, 0) is 17.9 Å². The van der Waals surface area contributed by atoms with Crippen molar-refractivity contribution in [2.75, 3.05) is 7.05 Å². The molecule has 0 radical (unpaired) electrons. The van der Waals surface area contributed by atoms with Crippen LogP contribution in [0.2, 0.25) is 0 Å². The Morgan fingerprint density at radius 2 is 2.00 bits per heavy atom. The third-order valence-electron chi connectivity index (χ3n) is 3.04. The molecule has 1 rings (SSSR count). The van der Waals surface area contributed by atoms with Crippen molar-refractivity contribution in [3.63, 3.8) is 0 Å². The zero-order valence-electron chi connectivity index (χ0n) is 12.0. The second-order valence-corrected chi connectivity index (χ2v) is 6.12. The molecule has 0 bridgehead atoms. The fourth-order valence-electron chi connectivity index (χ4n) is 1.94. The van der Waals surface area contributed by atoms with Gasteiger partial charge >= 0.3 is 0 Å². The second-order valence-electron chi connectivity index (χ2n) is 4.87. The Bertz CT molecular complexity index is 311. The highest BCUT2D eigenvalue weighted by Crippen LogP contribution is 2.18. The molecule has 0 spiro atoms. The zero-order chi connectivity index (χ0) is 13.2. The topological polar surface area (TPSA) is 21.3 Å². The number of hydrogen-bond donors (Lipinski definition) is 1. The minimum absolute atomic E-state index is 0.386. The average Bonchev–Trinajstić information content (AvgIpc) is 2.80. The number of thiophene rings is 1. The minimum Gasteiger partial charge on any atom is -0.373 e. The Labute approximate surface area is 116 Å². The average molecular weight is 269 g/mol. The highest BCUT2D eigenvalue weighted by molar-refractivity contribution is 7.11. The summed E-state index contributed by atoms with van der Waals surface area (Å²) in [6.45, 7) is 6.16. The van der Waals surface area contributed by atoms with Crippen LogP contribution in [0.1, 0.15) is 55.7 Å². The van der Waals surface area contributed by atoms with Crippen LogP contribution in [0.4, 0.5) is 0 Å². The fourth-order valence-corrected chi connectivity index (χ4v) is 2.89. The highest BCUT2D eigenvalue weighted by Gasteiger charge is 2.04. The minimum atomic E-state index is 0.386.